The zero-order valence-corrected chi connectivity index (χ0v) is 18.6. The van der Waals surface area contributed by atoms with Gasteiger partial charge in [0.1, 0.15) is 11.7 Å². The van der Waals surface area contributed by atoms with Gasteiger partial charge in [0.2, 0.25) is 11.8 Å². The van der Waals surface area contributed by atoms with Gasteiger partial charge >= 0.3 is 0 Å². The molecule has 3 aromatic carbocycles. The zero-order chi connectivity index (χ0) is 23.5. The van der Waals surface area contributed by atoms with Gasteiger partial charge in [-0.15, -0.1) is 0 Å². The van der Waals surface area contributed by atoms with E-state index in [1.54, 1.807) is 66.7 Å². The molecular weight excluding hydrogens is 436 g/mol. The van der Waals surface area contributed by atoms with Gasteiger partial charge in [-0.2, -0.15) is 0 Å². The van der Waals surface area contributed by atoms with E-state index in [-0.39, 0.29) is 16.6 Å². The van der Waals surface area contributed by atoms with Crippen molar-refractivity contribution in [3.8, 4) is 5.75 Å². The van der Waals surface area contributed by atoms with E-state index in [0.717, 1.165) is 0 Å². The van der Waals surface area contributed by atoms with Crippen LogP contribution in [0.2, 0.25) is 0 Å². The minimum absolute atomic E-state index is 0.0411. The first-order chi connectivity index (χ1) is 15.9. The molecule has 0 aliphatic carbocycles. The van der Waals surface area contributed by atoms with Gasteiger partial charge in [-0.05, 0) is 55.5 Å². The smallest absolute Gasteiger partial charge is 0.246 e. The number of benzene rings is 3. The van der Waals surface area contributed by atoms with Crippen LogP contribution in [0.1, 0.15) is 18.4 Å². The maximum absolute atomic E-state index is 13.8. The van der Waals surface area contributed by atoms with Gasteiger partial charge in [-0.25, -0.2) is 0 Å². The van der Waals surface area contributed by atoms with Crippen LogP contribution in [0.3, 0.4) is 0 Å². The van der Waals surface area contributed by atoms with Crippen molar-refractivity contribution in [2.45, 2.75) is 12.8 Å². The predicted octanol–water partition coefficient (Wildman–Crippen LogP) is 4.92. The summed E-state index contributed by atoms with van der Waals surface area (Å²) >= 11 is 5.63. The quantitative estimate of drug-likeness (QED) is 0.322. The number of rotatable bonds is 5. The van der Waals surface area contributed by atoms with Crippen molar-refractivity contribution in [3.63, 3.8) is 0 Å². The Bertz CT molecular complexity index is 1160. The highest BCUT2D eigenvalue weighted by Gasteiger charge is 2.49. The van der Waals surface area contributed by atoms with Gasteiger partial charge in [0.15, 0.2) is 5.11 Å². The summed E-state index contributed by atoms with van der Waals surface area (Å²) in [7, 11) is 0. The molecule has 0 spiro atoms. The number of hydrogen-bond acceptors (Lipinski definition) is 5. The van der Waals surface area contributed by atoms with Crippen molar-refractivity contribution < 1.29 is 19.8 Å². The third kappa shape index (κ3) is 4.23. The molecule has 0 saturated carbocycles. The van der Waals surface area contributed by atoms with E-state index in [9.17, 15) is 19.8 Å². The predicted molar refractivity (Wildman–Crippen MR) is 131 cm³/mol. The highest BCUT2D eigenvalue weighted by Crippen LogP contribution is 2.39. The molecule has 2 amide bonds. The molecule has 33 heavy (non-hydrogen) atoms. The number of carbonyl (C=O) groups excluding carboxylic acids is 2. The molecule has 1 saturated heterocycles. The molecule has 1 aliphatic heterocycles. The Balaban J connectivity index is 1.92. The third-order valence-corrected chi connectivity index (χ3v) is 5.83. The van der Waals surface area contributed by atoms with Gasteiger partial charge < -0.3 is 10.2 Å². The summed E-state index contributed by atoms with van der Waals surface area (Å²) in [6.07, 6.45) is 1.41. The number of para-hydroxylation sites is 3. The van der Waals surface area contributed by atoms with Crippen LogP contribution >= 0.6 is 12.2 Å². The minimum atomic E-state index is -1.27. The van der Waals surface area contributed by atoms with Crippen molar-refractivity contribution in [2.24, 2.45) is 5.92 Å². The fraction of sp³-hybridized carbons (Fsp3) is 0.115. The van der Waals surface area contributed by atoms with Gasteiger partial charge in [-0.1, -0.05) is 54.6 Å². The Hall–Kier alpha value is -3.97. The lowest BCUT2D eigenvalue weighted by Crippen LogP contribution is -2.61. The van der Waals surface area contributed by atoms with E-state index in [0.29, 0.717) is 16.9 Å². The maximum atomic E-state index is 13.8. The lowest BCUT2D eigenvalue weighted by atomic mass is 9.81. The fourth-order valence-corrected chi connectivity index (χ4v) is 4.39. The first-order valence-electron chi connectivity index (χ1n) is 10.4. The van der Waals surface area contributed by atoms with Gasteiger partial charge in [0, 0.05) is 11.5 Å². The zero-order valence-electron chi connectivity index (χ0n) is 17.8. The van der Waals surface area contributed by atoms with E-state index < -0.39 is 23.7 Å². The number of hydrogen-bond donors (Lipinski definition) is 2. The number of allylic oxidation sites excluding steroid dienone is 2. The number of phenolic OH excluding ortho intramolecular Hbond substituents is 1. The number of thiocarbonyl (C=S) groups is 1. The summed E-state index contributed by atoms with van der Waals surface area (Å²) in [6, 6.07) is 24.2. The summed E-state index contributed by atoms with van der Waals surface area (Å²) in [4.78, 5) is 30.3. The lowest BCUT2D eigenvalue weighted by molar-refractivity contribution is -0.132. The van der Waals surface area contributed by atoms with Crippen LogP contribution in [-0.4, -0.2) is 27.1 Å². The SMILES string of the molecule is C/C(O)=C/C(c1ccccc1O)C1C(=O)N(c2ccccc2)C(=S)N(c2ccccc2)C1=O. The van der Waals surface area contributed by atoms with Crippen molar-refractivity contribution in [1.82, 2.24) is 0 Å². The number of amides is 2. The number of carbonyl (C=O) groups is 2. The van der Waals surface area contributed by atoms with Gasteiger partial charge in [0.25, 0.3) is 0 Å². The molecule has 3 aromatic rings. The molecule has 7 heteroatoms. The van der Waals surface area contributed by atoms with Crippen LogP contribution in [0.4, 0.5) is 11.4 Å². The summed E-state index contributed by atoms with van der Waals surface area (Å²) in [5.74, 6) is -3.41. The van der Waals surface area contributed by atoms with Crippen molar-refractivity contribution in [2.75, 3.05) is 9.80 Å². The molecule has 2 N–H and O–H groups in total. The van der Waals surface area contributed by atoms with Crippen LogP contribution in [0, 0.1) is 5.92 Å². The molecule has 1 fully saturated rings. The van der Waals surface area contributed by atoms with Crippen molar-refractivity contribution >= 4 is 40.5 Å². The first kappa shape index (κ1) is 22.2. The van der Waals surface area contributed by atoms with Crippen LogP contribution in [0.5, 0.6) is 5.75 Å². The summed E-state index contributed by atoms with van der Waals surface area (Å²) in [5, 5.41) is 20.7. The molecule has 166 valence electrons. The number of aromatic hydroxyl groups is 1. The average Bonchev–Trinajstić information content (AvgIpc) is 2.80. The van der Waals surface area contributed by atoms with Gasteiger partial charge in [0.05, 0.1) is 17.1 Å². The van der Waals surface area contributed by atoms with Crippen molar-refractivity contribution in [1.29, 1.82) is 0 Å². The lowest BCUT2D eigenvalue weighted by Gasteiger charge is -2.41. The third-order valence-electron chi connectivity index (χ3n) is 5.46. The number of aliphatic hydroxyl groups is 1. The molecular formula is C26H22N2O4S. The molecule has 1 unspecified atom stereocenters. The second kappa shape index (κ2) is 9.26. The summed E-state index contributed by atoms with van der Waals surface area (Å²) in [6.45, 7) is 1.46. The second-order valence-electron chi connectivity index (χ2n) is 7.67. The monoisotopic (exact) mass is 458 g/mol. The largest absolute Gasteiger partial charge is 0.513 e. The molecule has 4 rings (SSSR count). The average molecular weight is 459 g/mol. The van der Waals surface area contributed by atoms with E-state index in [1.807, 2.05) is 12.1 Å². The molecule has 1 aliphatic rings. The van der Waals surface area contributed by atoms with Crippen LogP contribution in [0.15, 0.2) is 96.8 Å². The highest BCUT2D eigenvalue weighted by atomic mass is 32.1. The normalized spacial score (nSPS) is 16.3. The molecule has 0 aromatic heterocycles. The Morgan fingerprint density at radius 2 is 1.30 bits per heavy atom. The Morgan fingerprint density at radius 1 is 0.848 bits per heavy atom. The Morgan fingerprint density at radius 3 is 1.76 bits per heavy atom. The van der Waals surface area contributed by atoms with Crippen LogP contribution in [0.25, 0.3) is 0 Å². The Labute approximate surface area is 197 Å². The van der Waals surface area contributed by atoms with E-state index in [1.165, 1.54) is 28.9 Å². The summed E-state index contributed by atoms with van der Waals surface area (Å²) in [5.41, 5.74) is 1.39. The molecule has 1 atom stereocenters. The maximum Gasteiger partial charge on any atom is 0.246 e. The molecule has 1 heterocycles. The number of aliphatic hydroxyl groups excluding tert-OH is 1. The van der Waals surface area contributed by atoms with E-state index in [4.69, 9.17) is 12.2 Å². The van der Waals surface area contributed by atoms with Crippen LogP contribution in [-0.2, 0) is 9.59 Å². The minimum Gasteiger partial charge on any atom is -0.513 e. The fourth-order valence-electron chi connectivity index (χ4n) is 4.00. The topological polar surface area (TPSA) is 81.1 Å². The van der Waals surface area contributed by atoms with Gasteiger partial charge in [-0.3, -0.25) is 19.4 Å². The molecule has 6 nitrogen and oxygen atoms in total. The van der Waals surface area contributed by atoms with Crippen LogP contribution < -0.4 is 9.80 Å². The Kier molecular flexibility index (Phi) is 6.24. The number of nitrogens with zero attached hydrogens (tertiary/aromatic N) is 2. The van der Waals surface area contributed by atoms with E-state index >= 15 is 0 Å². The summed E-state index contributed by atoms with van der Waals surface area (Å²) < 4.78 is 0. The molecule has 0 bridgehead atoms. The standard InChI is InChI=1S/C26H22N2O4S/c1-17(29)16-21(20-14-8-9-15-22(20)30)23-24(31)27(18-10-4-2-5-11-18)26(33)28(25(23)32)19-12-6-3-7-13-19/h2-16,21,23,29-30H,1H3/b17-16-. The number of phenols is 1. The van der Waals surface area contributed by atoms with E-state index in [2.05, 4.69) is 0 Å². The highest BCUT2D eigenvalue weighted by molar-refractivity contribution is 7.81. The van der Waals surface area contributed by atoms with Crippen molar-refractivity contribution in [3.05, 3.63) is 102 Å². The second-order valence-corrected chi connectivity index (χ2v) is 8.04. The number of anilines is 2. The molecule has 0 radical (unpaired) electrons. The first-order valence-corrected chi connectivity index (χ1v) is 10.8.